The molecule has 1 rings (SSSR count). The molecule has 0 amide bonds. The van der Waals surface area contributed by atoms with Crippen molar-refractivity contribution in [3.63, 3.8) is 0 Å². The highest BCUT2D eigenvalue weighted by Gasteiger charge is 1.97. The maximum absolute atomic E-state index is 11.0. The molecule has 0 bridgehead atoms. The summed E-state index contributed by atoms with van der Waals surface area (Å²) in [6, 6.07) is 5.31. The van der Waals surface area contributed by atoms with Crippen molar-refractivity contribution in [2.24, 2.45) is 0 Å². The Kier molecular flexibility index (Phi) is 6.51. The number of aromatic nitrogens is 1. The summed E-state index contributed by atoms with van der Waals surface area (Å²) in [5.74, 6) is 0. The molecule has 0 fully saturated rings. The minimum atomic E-state index is -1.15. The van der Waals surface area contributed by atoms with Gasteiger partial charge in [-0.05, 0) is 19.2 Å². The van der Waals surface area contributed by atoms with E-state index < -0.39 is 11.0 Å². The van der Waals surface area contributed by atoms with Crippen LogP contribution in [-0.4, -0.2) is 16.2 Å². The van der Waals surface area contributed by atoms with Crippen molar-refractivity contribution in [2.75, 3.05) is 7.05 Å². The summed E-state index contributed by atoms with van der Waals surface area (Å²) in [4.78, 5) is 3.89. The summed E-state index contributed by atoms with van der Waals surface area (Å²) in [6.45, 7) is 4.00. The maximum Gasteiger partial charge on any atom is 0.143 e. The summed E-state index contributed by atoms with van der Waals surface area (Å²) < 4.78 is 13.5. The highest BCUT2D eigenvalue weighted by molar-refractivity contribution is 7.82. The van der Waals surface area contributed by atoms with Crippen molar-refractivity contribution in [3.8, 4) is 0 Å². The van der Waals surface area contributed by atoms with Gasteiger partial charge in [0.1, 0.15) is 16.0 Å². The van der Waals surface area contributed by atoms with Crippen molar-refractivity contribution in [1.82, 2.24) is 9.71 Å². The Labute approximate surface area is 75.8 Å². The van der Waals surface area contributed by atoms with E-state index in [1.165, 1.54) is 0 Å². The smallest absolute Gasteiger partial charge is 0.143 e. The third-order valence-corrected chi connectivity index (χ3v) is 2.01. The molecule has 12 heavy (non-hydrogen) atoms. The summed E-state index contributed by atoms with van der Waals surface area (Å²) in [5, 5.41) is 0.560. The fraction of sp³-hybridized carbons (Fsp3) is 0.375. The molecule has 0 aliphatic rings. The standard InChI is InChI=1S/C6H8N2OS.C2H6/c1-7-10(9)6-4-2-3-5-8-6;1-2/h2-5,7H,1H3;1-2H3. The molecule has 0 aromatic carbocycles. The first-order valence-corrected chi connectivity index (χ1v) is 5.00. The van der Waals surface area contributed by atoms with Gasteiger partial charge < -0.3 is 0 Å². The largest absolute Gasteiger partial charge is 0.246 e. The van der Waals surface area contributed by atoms with Gasteiger partial charge in [0.15, 0.2) is 0 Å². The number of rotatable bonds is 2. The van der Waals surface area contributed by atoms with Crippen LogP contribution in [0.2, 0.25) is 0 Å². The molecule has 3 nitrogen and oxygen atoms in total. The number of nitrogens with one attached hydrogen (secondary N) is 1. The van der Waals surface area contributed by atoms with Gasteiger partial charge in [0, 0.05) is 6.20 Å². The van der Waals surface area contributed by atoms with Crippen molar-refractivity contribution in [2.45, 2.75) is 18.9 Å². The molecule has 68 valence electrons. The molecule has 4 heteroatoms. The lowest BCUT2D eigenvalue weighted by molar-refractivity contribution is 0.675. The number of hydrogen-bond acceptors (Lipinski definition) is 2. The third kappa shape index (κ3) is 3.59. The van der Waals surface area contributed by atoms with E-state index in [4.69, 9.17) is 0 Å². The molecule has 0 saturated carbocycles. The molecule has 1 heterocycles. The number of hydrogen-bond donors (Lipinski definition) is 1. The van der Waals surface area contributed by atoms with Crippen LogP contribution in [0, 0.1) is 0 Å². The van der Waals surface area contributed by atoms with Crippen LogP contribution in [0.25, 0.3) is 0 Å². The summed E-state index contributed by atoms with van der Waals surface area (Å²) in [6.07, 6.45) is 1.62. The van der Waals surface area contributed by atoms with Gasteiger partial charge in [0.05, 0.1) is 0 Å². The van der Waals surface area contributed by atoms with Gasteiger partial charge in [-0.1, -0.05) is 19.9 Å². The molecule has 1 aromatic rings. The minimum Gasteiger partial charge on any atom is -0.246 e. The maximum atomic E-state index is 11.0. The SMILES string of the molecule is CC.CNS(=O)c1ccccn1. The molecule has 0 aliphatic heterocycles. The van der Waals surface area contributed by atoms with Gasteiger partial charge in [0.2, 0.25) is 0 Å². The summed E-state index contributed by atoms with van der Waals surface area (Å²) >= 11 is 0. The van der Waals surface area contributed by atoms with Gasteiger partial charge in [-0.3, -0.25) is 0 Å². The monoisotopic (exact) mass is 186 g/mol. The average molecular weight is 186 g/mol. The topological polar surface area (TPSA) is 42.0 Å². The van der Waals surface area contributed by atoms with Crippen LogP contribution in [0.15, 0.2) is 29.4 Å². The van der Waals surface area contributed by atoms with E-state index >= 15 is 0 Å². The molecule has 0 spiro atoms. The second-order valence-electron chi connectivity index (χ2n) is 1.64. The van der Waals surface area contributed by atoms with Crippen LogP contribution in [0.3, 0.4) is 0 Å². The fourth-order valence-electron chi connectivity index (χ4n) is 0.561. The quantitative estimate of drug-likeness (QED) is 0.757. The van der Waals surface area contributed by atoms with Crippen molar-refractivity contribution in [3.05, 3.63) is 24.4 Å². The predicted molar refractivity (Wildman–Crippen MR) is 51.1 cm³/mol. The second-order valence-corrected chi connectivity index (χ2v) is 3.00. The molecule has 0 saturated heterocycles. The van der Waals surface area contributed by atoms with E-state index in [0.717, 1.165) is 0 Å². The van der Waals surface area contributed by atoms with Gasteiger partial charge in [-0.15, -0.1) is 0 Å². The molecule has 1 aromatic heterocycles. The zero-order valence-corrected chi connectivity index (χ0v) is 8.39. The Morgan fingerprint density at radius 2 is 2.08 bits per heavy atom. The highest BCUT2D eigenvalue weighted by atomic mass is 32.2. The zero-order valence-electron chi connectivity index (χ0n) is 7.57. The van der Waals surface area contributed by atoms with E-state index in [0.29, 0.717) is 5.03 Å². The average Bonchev–Trinajstić information content (AvgIpc) is 2.21. The zero-order chi connectivity index (χ0) is 9.40. The Hall–Kier alpha value is -0.740. The van der Waals surface area contributed by atoms with E-state index in [9.17, 15) is 4.21 Å². The Bertz CT molecular complexity index is 226. The Balaban J connectivity index is 0.000000561. The van der Waals surface area contributed by atoms with Gasteiger partial charge in [-0.25, -0.2) is 13.9 Å². The van der Waals surface area contributed by atoms with Crippen LogP contribution < -0.4 is 4.72 Å². The van der Waals surface area contributed by atoms with Crippen LogP contribution >= 0.6 is 0 Å². The lowest BCUT2D eigenvalue weighted by atomic mass is 10.5. The molecule has 0 aliphatic carbocycles. The lowest BCUT2D eigenvalue weighted by Gasteiger charge is -1.95. The van der Waals surface area contributed by atoms with Crippen LogP contribution in [0.4, 0.5) is 0 Å². The molecule has 1 unspecified atom stereocenters. The molecular formula is C8H14N2OS. The van der Waals surface area contributed by atoms with E-state index in [1.807, 2.05) is 13.8 Å². The summed E-state index contributed by atoms with van der Waals surface area (Å²) in [5.41, 5.74) is 0. The van der Waals surface area contributed by atoms with Gasteiger partial charge in [-0.2, -0.15) is 0 Å². The van der Waals surface area contributed by atoms with Crippen molar-refractivity contribution in [1.29, 1.82) is 0 Å². The first-order chi connectivity index (χ1) is 5.84. The van der Waals surface area contributed by atoms with Gasteiger partial charge >= 0.3 is 0 Å². The van der Waals surface area contributed by atoms with E-state index in [-0.39, 0.29) is 0 Å². The summed E-state index contributed by atoms with van der Waals surface area (Å²) in [7, 11) is 0.478. The molecule has 0 radical (unpaired) electrons. The van der Waals surface area contributed by atoms with E-state index in [2.05, 4.69) is 9.71 Å². The van der Waals surface area contributed by atoms with Crippen molar-refractivity contribution < 1.29 is 4.21 Å². The van der Waals surface area contributed by atoms with E-state index in [1.54, 1.807) is 31.4 Å². The van der Waals surface area contributed by atoms with Gasteiger partial charge in [0.25, 0.3) is 0 Å². The second kappa shape index (κ2) is 6.94. The van der Waals surface area contributed by atoms with Crippen LogP contribution in [-0.2, 0) is 11.0 Å². The minimum absolute atomic E-state index is 0.560. The fourth-order valence-corrected chi connectivity index (χ4v) is 1.13. The van der Waals surface area contributed by atoms with Crippen LogP contribution in [0.5, 0.6) is 0 Å². The molecule has 1 atom stereocenters. The predicted octanol–water partition coefficient (Wildman–Crippen LogP) is 1.35. The first-order valence-electron chi connectivity index (χ1n) is 3.85. The number of pyridine rings is 1. The third-order valence-electron chi connectivity index (χ3n) is 1.01. The lowest BCUT2D eigenvalue weighted by Crippen LogP contribution is -2.11. The molecular weight excluding hydrogens is 172 g/mol. The number of nitrogens with zero attached hydrogens (tertiary/aromatic N) is 1. The first kappa shape index (κ1) is 11.3. The Morgan fingerprint density at radius 3 is 2.50 bits per heavy atom. The van der Waals surface area contributed by atoms with Crippen LogP contribution in [0.1, 0.15) is 13.8 Å². The van der Waals surface area contributed by atoms with Crippen molar-refractivity contribution >= 4 is 11.0 Å². The Morgan fingerprint density at radius 1 is 1.42 bits per heavy atom. The highest BCUT2D eigenvalue weighted by Crippen LogP contribution is 1.96. The molecule has 1 N–H and O–H groups in total. The normalized spacial score (nSPS) is 11.2.